The van der Waals surface area contributed by atoms with Crippen molar-refractivity contribution in [3.8, 4) is 11.5 Å². The topological polar surface area (TPSA) is 53.6 Å². The van der Waals surface area contributed by atoms with Gasteiger partial charge in [-0.25, -0.2) is 0 Å². The highest BCUT2D eigenvalue weighted by Gasteiger charge is 2.20. The summed E-state index contributed by atoms with van der Waals surface area (Å²) in [4.78, 5) is 4.93. The fourth-order valence-electron chi connectivity index (χ4n) is 3.73. The average molecular weight is 380 g/mol. The molecule has 2 heterocycles. The Kier molecular flexibility index (Phi) is 5.97. The molecule has 4 rings (SSSR count). The predicted octanol–water partition coefficient (Wildman–Crippen LogP) is 3.55. The molecular weight excluding hydrogens is 352 g/mol. The molecule has 1 aromatic heterocycles. The number of aromatic amines is 1. The van der Waals surface area contributed by atoms with Gasteiger partial charge in [0.15, 0.2) is 17.3 Å². The van der Waals surface area contributed by atoms with Crippen LogP contribution < -0.4 is 14.4 Å². The summed E-state index contributed by atoms with van der Waals surface area (Å²) in [5, 5.41) is 8.88. The van der Waals surface area contributed by atoms with Crippen molar-refractivity contribution in [2.45, 2.75) is 12.8 Å². The van der Waals surface area contributed by atoms with Crippen LogP contribution in [0.25, 0.3) is 10.9 Å². The zero-order valence-electron chi connectivity index (χ0n) is 16.4. The zero-order chi connectivity index (χ0) is 19.2. The fraction of sp³-hybridized carbons (Fsp3) is 0.409. The van der Waals surface area contributed by atoms with Gasteiger partial charge in [0.1, 0.15) is 0 Å². The monoisotopic (exact) mass is 380 g/mol. The number of benzene rings is 2. The van der Waals surface area contributed by atoms with Crippen molar-refractivity contribution in [1.29, 1.82) is 0 Å². The van der Waals surface area contributed by atoms with Gasteiger partial charge in [-0.3, -0.25) is 10.00 Å². The Bertz CT molecular complexity index is 887. The lowest BCUT2D eigenvalue weighted by atomic mass is 10.2. The van der Waals surface area contributed by atoms with Gasteiger partial charge >= 0.3 is 0 Å². The van der Waals surface area contributed by atoms with E-state index >= 15 is 0 Å². The van der Waals surface area contributed by atoms with Gasteiger partial charge in [-0.05, 0) is 43.7 Å². The van der Waals surface area contributed by atoms with Crippen molar-refractivity contribution in [3.63, 3.8) is 0 Å². The van der Waals surface area contributed by atoms with E-state index in [4.69, 9.17) is 9.47 Å². The normalized spacial score (nSPS) is 15.1. The molecule has 0 saturated carbocycles. The van der Waals surface area contributed by atoms with E-state index in [1.807, 2.05) is 30.3 Å². The SMILES string of the molecule is COc1ccccc1OCCCCN1CCN(c2n[nH]c3ccccc23)CC1. The summed E-state index contributed by atoms with van der Waals surface area (Å²) < 4.78 is 11.2. The number of para-hydroxylation sites is 3. The lowest BCUT2D eigenvalue weighted by Crippen LogP contribution is -2.46. The van der Waals surface area contributed by atoms with Crippen LogP contribution in [0.15, 0.2) is 48.5 Å². The standard InChI is InChI=1S/C22H28N4O2/c1-27-20-10-4-5-11-21(20)28-17-7-6-12-25-13-15-26(16-14-25)22-18-8-2-3-9-19(18)23-24-22/h2-5,8-11H,6-7,12-17H2,1H3,(H,23,24). The molecule has 0 bridgehead atoms. The highest BCUT2D eigenvalue weighted by Crippen LogP contribution is 2.26. The van der Waals surface area contributed by atoms with Crippen LogP contribution in [0, 0.1) is 0 Å². The molecule has 28 heavy (non-hydrogen) atoms. The number of fused-ring (bicyclic) bond motifs is 1. The summed E-state index contributed by atoms with van der Waals surface area (Å²) in [5.74, 6) is 2.70. The highest BCUT2D eigenvalue weighted by atomic mass is 16.5. The molecule has 3 aromatic rings. The van der Waals surface area contributed by atoms with Gasteiger partial charge in [-0.1, -0.05) is 24.3 Å². The van der Waals surface area contributed by atoms with Crippen LogP contribution in [0.3, 0.4) is 0 Å². The number of piperazine rings is 1. The maximum absolute atomic E-state index is 5.86. The molecule has 1 N–H and O–H groups in total. The second kappa shape index (κ2) is 8.97. The molecule has 6 nitrogen and oxygen atoms in total. The Balaban J connectivity index is 1.18. The highest BCUT2D eigenvalue weighted by molar-refractivity contribution is 5.90. The maximum Gasteiger partial charge on any atom is 0.161 e. The van der Waals surface area contributed by atoms with Crippen molar-refractivity contribution < 1.29 is 9.47 Å². The molecule has 2 aromatic carbocycles. The largest absolute Gasteiger partial charge is 0.493 e. The number of anilines is 1. The van der Waals surface area contributed by atoms with Gasteiger partial charge < -0.3 is 14.4 Å². The first-order chi connectivity index (χ1) is 13.8. The van der Waals surface area contributed by atoms with Crippen LogP contribution in [0.5, 0.6) is 11.5 Å². The van der Waals surface area contributed by atoms with Crippen molar-refractivity contribution in [2.24, 2.45) is 0 Å². The first kappa shape index (κ1) is 18.6. The van der Waals surface area contributed by atoms with Crippen LogP contribution in [0.4, 0.5) is 5.82 Å². The molecule has 0 atom stereocenters. The summed E-state index contributed by atoms with van der Waals surface area (Å²) in [6, 6.07) is 16.1. The number of nitrogens with one attached hydrogen (secondary N) is 1. The minimum absolute atomic E-state index is 0.722. The fourth-order valence-corrected chi connectivity index (χ4v) is 3.73. The Labute approximate surface area is 166 Å². The summed E-state index contributed by atoms with van der Waals surface area (Å²) >= 11 is 0. The average Bonchev–Trinajstić information content (AvgIpc) is 3.18. The van der Waals surface area contributed by atoms with Crippen LogP contribution in [-0.4, -0.2) is 61.5 Å². The van der Waals surface area contributed by atoms with Gasteiger partial charge in [0, 0.05) is 31.6 Å². The molecule has 1 aliphatic rings. The van der Waals surface area contributed by atoms with Crippen molar-refractivity contribution in [1.82, 2.24) is 15.1 Å². The number of H-pyrrole nitrogens is 1. The van der Waals surface area contributed by atoms with Crippen molar-refractivity contribution in [2.75, 3.05) is 51.3 Å². The Morgan fingerprint density at radius 3 is 2.50 bits per heavy atom. The van der Waals surface area contributed by atoms with Crippen molar-refractivity contribution in [3.05, 3.63) is 48.5 Å². The van der Waals surface area contributed by atoms with Gasteiger partial charge in [0.25, 0.3) is 0 Å². The Morgan fingerprint density at radius 1 is 0.929 bits per heavy atom. The van der Waals surface area contributed by atoms with E-state index in [1.54, 1.807) is 7.11 Å². The van der Waals surface area contributed by atoms with E-state index in [1.165, 1.54) is 5.39 Å². The first-order valence-electron chi connectivity index (χ1n) is 10.0. The third-order valence-electron chi connectivity index (χ3n) is 5.32. The molecule has 148 valence electrons. The number of ether oxygens (including phenoxy) is 2. The van der Waals surface area contributed by atoms with E-state index in [0.29, 0.717) is 0 Å². The van der Waals surface area contributed by atoms with Crippen LogP contribution in [0.1, 0.15) is 12.8 Å². The third-order valence-corrected chi connectivity index (χ3v) is 5.32. The molecule has 0 aliphatic carbocycles. The maximum atomic E-state index is 5.86. The summed E-state index contributed by atoms with van der Waals surface area (Å²) in [7, 11) is 1.67. The lowest BCUT2D eigenvalue weighted by molar-refractivity contribution is 0.235. The molecule has 0 spiro atoms. The van der Waals surface area contributed by atoms with Gasteiger partial charge in [-0.15, -0.1) is 0 Å². The smallest absolute Gasteiger partial charge is 0.161 e. The Morgan fingerprint density at radius 2 is 1.68 bits per heavy atom. The van der Waals surface area contributed by atoms with Crippen LogP contribution in [-0.2, 0) is 0 Å². The Hall–Kier alpha value is -2.73. The molecule has 6 heteroatoms. The van der Waals surface area contributed by atoms with Crippen LogP contribution in [0.2, 0.25) is 0 Å². The van der Waals surface area contributed by atoms with Crippen LogP contribution >= 0.6 is 0 Å². The van der Waals surface area contributed by atoms with E-state index < -0.39 is 0 Å². The minimum atomic E-state index is 0.722. The number of hydrogen-bond acceptors (Lipinski definition) is 5. The van der Waals surface area contributed by atoms with E-state index in [0.717, 1.165) is 75.0 Å². The molecule has 0 radical (unpaired) electrons. The predicted molar refractivity (Wildman–Crippen MR) is 112 cm³/mol. The quantitative estimate of drug-likeness (QED) is 0.606. The molecule has 1 saturated heterocycles. The zero-order valence-corrected chi connectivity index (χ0v) is 16.4. The van der Waals surface area contributed by atoms with Gasteiger partial charge in [0.2, 0.25) is 0 Å². The third kappa shape index (κ3) is 4.22. The first-order valence-corrected chi connectivity index (χ1v) is 10.0. The van der Waals surface area contributed by atoms with Gasteiger partial charge in [0.05, 0.1) is 19.2 Å². The summed E-state index contributed by atoms with van der Waals surface area (Å²) in [6.07, 6.45) is 2.18. The molecule has 0 unspecified atom stereocenters. The van der Waals surface area contributed by atoms with E-state index in [-0.39, 0.29) is 0 Å². The lowest BCUT2D eigenvalue weighted by Gasteiger charge is -2.35. The summed E-state index contributed by atoms with van der Waals surface area (Å²) in [5.41, 5.74) is 1.11. The number of methoxy groups -OCH3 is 1. The van der Waals surface area contributed by atoms with Gasteiger partial charge in [-0.2, -0.15) is 5.10 Å². The summed E-state index contributed by atoms with van der Waals surface area (Å²) in [6.45, 7) is 6.03. The number of rotatable bonds is 8. The van der Waals surface area contributed by atoms with E-state index in [2.05, 4.69) is 38.2 Å². The second-order valence-corrected chi connectivity index (χ2v) is 7.13. The van der Waals surface area contributed by atoms with E-state index in [9.17, 15) is 0 Å². The minimum Gasteiger partial charge on any atom is -0.493 e. The molecular formula is C22H28N4O2. The molecule has 1 aliphatic heterocycles. The number of aromatic nitrogens is 2. The number of unbranched alkanes of at least 4 members (excludes halogenated alkanes) is 1. The molecule has 0 amide bonds. The number of nitrogens with zero attached hydrogens (tertiary/aromatic N) is 3. The van der Waals surface area contributed by atoms with Crippen molar-refractivity contribution >= 4 is 16.7 Å². The number of hydrogen-bond donors (Lipinski definition) is 1. The second-order valence-electron chi connectivity index (χ2n) is 7.13. The molecule has 1 fully saturated rings.